The summed E-state index contributed by atoms with van der Waals surface area (Å²) in [5.74, 6) is 1.71. The van der Waals surface area contributed by atoms with Gasteiger partial charge in [-0.3, -0.25) is 9.69 Å². The molecule has 4 unspecified atom stereocenters. The number of nitrogens with zero attached hydrogens (tertiary/aromatic N) is 1. The minimum absolute atomic E-state index is 0.0205. The fraction of sp³-hybridized carbons (Fsp3) is 0.938. The summed E-state index contributed by atoms with van der Waals surface area (Å²) in [5, 5.41) is 6.61. The highest BCUT2D eigenvalue weighted by Gasteiger charge is 2.45. The Morgan fingerprint density at radius 1 is 1.35 bits per heavy atom. The molecule has 2 saturated heterocycles. The van der Waals surface area contributed by atoms with Crippen molar-refractivity contribution in [3.05, 3.63) is 0 Å². The van der Waals surface area contributed by atoms with Gasteiger partial charge in [0.25, 0.3) is 0 Å². The maximum Gasteiger partial charge on any atom is 0.237 e. The fourth-order valence-electron chi connectivity index (χ4n) is 3.92. The Hall–Kier alpha value is -0.610. The van der Waals surface area contributed by atoms with E-state index >= 15 is 0 Å². The van der Waals surface area contributed by atoms with E-state index in [1.165, 1.54) is 12.8 Å². The molecule has 2 fully saturated rings. The third-order valence-electron chi connectivity index (χ3n) is 5.13. The van der Waals surface area contributed by atoms with E-state index in [0.29, 0.717) is 6.04 Å². The van der Waals surface area contributed by atoms with Crippen molar-refractivity contribution in [3.63, 3.8) is 0 Å². The lowest BCUT2D eigenvalue weighted by Gasteiger charge is -2.31. The van der Waals surface area contributed by atoms with Gasteiger partial charge in [0, 0.05) is 19.1 Å². The largest absolute Gasteiger partial charge is 0.355 e. The van der Waals surface area contributed by atoms with Crippen LogP contribution in [-0.4, -0.2) is 49.1 Å². The van der Waals surface area contributed by atoms with Crippen LogP contribution in [-0.2, 0) is 4.79 Å². The summed E-state index contributed by atoms with van der Waals surface area (Å²) in [6.45, 7) is 10.7. The molecule has 0 aliphatic carbocycles. The molecule has 2 aliphatic rings. The van der Waals surface area contributed by atoms with Gasteiger partial charge in [-0.15, -0.1) is 0 Å². The van der Waals surface area contributed by atoms with Crippen LogP contribution in [0.15, 0.2) is 0 Å². The van der Waals surface area contributed by atoms with Crippen LogP contribution < -0.4 is 10.6 Å². The van der Waals surface area contributed by atoms with Crippen LogP contribution in [0, 0.1) is 11.8 Å². The Kier molecular flexibility index (Phi) is 5.85. The Bertz CT molecular complexity index is 321. The van der Waals surface area contributed by atoms with Crippen LogP contribution in [0.25, 0.3) is 0 Å². The average Bonchev–Trinajstić information content (AvgIpc) is 3.02. The average molecular weight is 281 g/mol. The molecule has 116 valence electrons. The van der Waals surface area contributed by atoms with Crippen molar-refractivity contribution in [1.82, 2.24) is 15.5 Å². The van der Waals surface area contributed by atoms with Crippen molar-refractivity contribution in [1.29, 1.82) is 0 Å². The molecule has 4 heteroatoms. The van der Waals surface area contributed by atoms with Crippen LogP contribution in [0.2, 0.25) is 0 Å². The summed E-state index contributed by atoms with van der Waals surface area (Å²) >= 11 is 0. The van der Waals surface area contributed by atoms with Gasteiger partial charge in [0.1, 0.15) is 0 Å². The maximum atomic E-state index is 12.3. The first-order chi connectivity index (χ1) is 9.69. The number of rotatable bonds is 7. The molecule has 20 heavy (non-hydrogen) atoms. The smallest absolute Gasteiger partial charge is 0.237 e. The van der Waals surface area contributed by atoms with E-state index in [4.69, 9.17) is 0 Å². The van der Waals surface area contributed by atoms with Crippen molar-refractivity contribution >= 4 is 5.91 Å². The van der Waals surface area contributed by atoms with Gasteiger partial charge in [-0.25, -0.2) is 0 Å². The summed E-state index contributed by atoms with van der Waals surface area (Å²) in [5.41, 5.74) is 0. The molecule has 4 atom stereocenters. The van der Waals surface area contributed by atoms with Crippen molar-refractivity contribution in [3.8, 4) is 0 Å². The Morgan fingerprint density at radius 3 is 2.85 bits per heavy atom. The molecular weight excluding hydrogens is 250 g/mol. The van der Waals surface area contributed by atoms with Crippen molar-refractivity contribution < 1.29 is 4.79 Å². The third-order valence-corrected chi connectivity index (χ3v) is 5.13. The van der Waals surface area contributed by atoms with Crippen molar-refractivity contribution in [2.45, 2.75) is 58.5 Å². The van der Waals surface area contributed by atoms with E-state index in [1.807, 2.05) is 0 Å². The quantitative estimate of drug-likeness (QED) is 0.697. The second kappa shape index (κ2) is 7.41. The lowest BCUT2D eigenvalue weighted by Crippen LogP contribution is -2.49. The van der Waals surface area contributed by atoms with E-state index in [9.17, 15) is 4.79 Å². The number of likely N-dealkylation sites (tertiary alicyclic amines) is 1. The topological polar surface area (TPSA) is 44.4 Å². The number of fused-ring (bicyclic) bond motifs is 1. The van der Waals surface area contributed by atoms with Gasteiger partial charge < -0.3 is 10.6 Å². The maximum absolute atomic E-state index is 12.3. The zero-order valence-corrected chi connectivity index (χ0v) is 13.3. The van der Waals surface area contributed by atoms with Gasteiger partial charge in [-0.1, -0.05) is 26.7 Å². The van der Waals surface area contributed by atoms with Gasteiger partial charge in [0.15, 0.2) is 0 Å². The van der Waals surface area contributed by atoms with Gasteiger partial charge in [-0.05, 0) is 44.7 Å². The molecule has 0 aromatic heterocycles. The lowest BCUT2D eigenvalue weighted by molar-refractivity contribution is -0.126. The summed E-state index contributed by atoms with van der Waals surface area (Å²) in [6, 6.07) is 0.596. The van der Waals surface area contributed by atoms with E-state index in [2.05, 4.69) is 36.3 Å². The fourth-order valence-corrected chi connectivity index (χ4v) is 3.92. The first-order valence-electron chi connectivity index (χ1n) is 8.43. The number of hydrogen-bond donors (Lipinski definition) is 2. The summed E-state index contributed by atoms with van der Waals surface area (Å²) in [6.07, 6.45) is 4.65. The first-order valence-corrected chi connectivity index (χ1v) is 8.43. The SMILES string of the molecule is CCCCCNC(=O)C(C)N1CC2CNCC2C1CC. The van der Waals surface area contributed by atoms with Crippen molar-refractivity contribution in [2.24, 2.45) is 11.8 Å². The second-order valence-electron chi connectivity index (χ2n) is 6.43. The first kappa shape index (κ1) is 15.8. The Balaban J connectivity index is 1.85. The monoisotopic (exact) mass is 281 g/mol. The molecule has 0 radical (unpaired) electrons. The molecular formula is C16H31N3O. The van der Waals surface area contributed by atoms with Crippen LogP contribution >= 0.6 is 0 Å². The highest BCUT2D eigenvalue weighted by atomic mass is 16.2. The zero-order chi connectivity index (χ0) is 14.5. The number of unbranched alkanes of at least 4 members (excludes halogenated alkanes) is 2. The van der Waals surface area contributed by atoms with Crippen LogP contribution in [0.5, 0.6) is 0 Å². The number of carbonyl (C=O) groups is 1. The Labute approximate surface area is 123 Å². The summed E-state index contributed by atoms with van der Waals surface area (Å²) < 4.78 is 0. The molecule has 0 aromatic rings. The highest BCUT2D eigenvalue weighted by Crippen LogP contribution is 2.35. The zero-order valence-electron chi connectivity index (χ0n) is 13.3. The summed E-state index contributed by atoms with van der Waals surface area (Å²) in [7, 11) is 0. The van der Waals surface area contributed by atoms with Crippen LogP contribution in [0.3, 0.4) is 0 Å². The predicted molar refractivity (Wildman–Crippen MR) is 82.6 cm³/mol. The van der Waals surface area contributed by atoms with Gasteiger partial charge in [0.05, 0.1) is 6.04 Å². The molecule has 0 spiro atoms. The minimum Gasteiger partial charge on any atom is -0.355 e. The second-order valence-corrected chi connectivity index (χ2v) is 6.43. The van der Waals surface area contributed by atoms with E-state index < -0.39 is 0 Å². The molecule has 2 N–H and O–H groups in total. The van der Waals surface area contributed by atoms with Gasteiger partial charge in [0.2, 0.25) is 5.91 Å². The van der Waals surface area contributed by atoms with E-state index in [-0.39, 0.29) is 11.9 Å². The summed E-state index contributed by atoms with van der Waals surface area (Å²) in [4.78, 5) is 14.8. The van der Waals surface area contributed by atoms with Crippen molar-refractivity contribution in [2.75, 3.05) is 26.2 Å². The van der Waals surface area contributed by atoms with E-state index in [1.54, 1.807) is 0 Å². The van der Waals surface area contributed by atoms with E-state index in [0.717, 1.165) is 50.9 Å². The lowest BCUT2D eigenvalue weighted by atomic mass is 9.92. The number of hydrogen-bond acceptors (Lipinski definition) is 3. The number of nitrogens with one attached hydrogen (secondary N) is 2. The molecule has 0 saturated carbocycles. The molecule has 2 aliphatic heterocycles. The van der Waals surface area contributed by atoms with Crippen LogP contribution in [0.1, 0.15) is 46.5 Å². The number of carbonyl (C=O) groups excluding carboxylic acids is 1. The molecule has 1 amide bonds. The minimum atomic E-state index is 0.0205. The number of amides is 1. The van der Waals surface area contributed by atoms with Crippen LogP contribution in [0.4, 0.5) is 0 Å². The molecule has 2 heterocycles. The predicted octanol–water partition coefficient (Wildman–Crippen LogP) is 1.61. The third kappa shape index (κ3) is 3.34. The molecule has 4 nitrogen and oxygen atoms in total. The molecule has 2 rings (SSSR count). The Morgan fingerprint density at radius 2 is 2.15 bits per heavy atom. The normalized spacial score (nSPS) is 31.2. The molecule has 0 aromatic carbocycles. The van der Waals surface area contributed by atoms with Gasteiger partial charge in [-0.2, -0.15) is 0 Å². The van der Waals surface area contributed by atoms with Gasteiger partial charge >= 0.3 is 0 Å². The highest BCUT2D eigenvalue weighted by molar-refractivity contribution is 5.81. The molecule has 0 bridgehead atoms. The standard InChI is InChI=1S/C16H31N3O/c1-4-6-7-8-18-16(20)12(3)19-11-13-9-17-10-14(13)15(19)5-2/h12-15,17H,4-11H2,1-3H3,(H,18,20).